The predicted molar refractivity (Wildman–Crippen MR) is 66.7 cm³/mol. The predicted octanol–water partition coefficient (Wildman–Crippen LogP) is -0.458. The van der Waals surface area contributed by atoms with Gasteiger partial charge >= 0.3 is 0 Å². The average molecular weight is 254 g/mol. The Kier molecular flexibility index (Phi) is 3.97. The van der Waals surface area contributed by atoms with Crippen LogP contribution in [0.1, 0.15) is 13.8 Å². The second-order valence-electron chi connectivity index (χ2n) is 4.84. The first-order chi connectivity index (χ1) is 8.53. The van der Waals surface area contributed by atoms with Crippen molar-refractivity contribution in [3.63, 3.8) is 0 Å². The second-order valence-corrected chi connectivity index (χ2v) is 4.84. The molecule has 5 nitrogen and oxygen atoms in total. The van der Waals surface area contributed by atoms with E-state index in [1.54, 1.807) is 0 Å². The number of fused-ring (bicyclic) bond motifs is 1. The van der Waals surface area contributed by atoms with E-state index in [4.69, 9.17) is 18.9 Å². The van der Waals surface area contributed by atoms with Crippen LogP contribution in [0.2, 0.25) is 0 Å². The first-order valence-corrected chi connectivity index (χ1v) is 6.07. The molecule has 100 valence electrons. The van der Waals surface area contributed by atoms with Crippen LogP contribution in [0.15, 0.2) is 17.4 Å². The maximum absolute atomic E-state index is 9.34. The largest absolute Gasteiger partial charge is 0.394 e. The zero-order valence-electron chi connectivity index (χ0n) is 11.2. The summed E-state index contributed by atoms with van der Waals surface area (Å²) >= 11 is 0. The number of aliphatic hydroxyl groups excluding tert-OH is 1. The van der Waals surface area contributed by atoms with Gasteiger partial charge in [-0.15, -0.1) is 5.73 Å². The molecule has 2 aliphatic heterocycles. The lowest BCUT2D eigenvalue weighted by atomic mass is 9.80. The third kappa shape index (κ3) is 2.16. The van der Waals surface area contributed by atoms with Gasteiger partial charge in [0.25, 0.3) is 6.48 Å². The molecule has 0 aromatic carbocycles. The molecule has 1 N–H and O–H groups in total. The molecule has 5 atom stereocenters. The Morgan fingerprint density at radius 1 is 1.50 bits per heavy atom. The number of methoxy groups -OCH3 is 1. The molecule has 0 saturated carbocycles. The number of hydrogen-bond acceptors (Lipinski definition) is 5. The van der Waals surface area contributed by atoms with E-state index in [2.05, 4.69) is 5.73 Å². The molecule has 2 unspecified atom stereocenters. The fourth-order valence-corrected chi connectivity index (χ4v) is 2.37. The molecule has 0 bridgehead atoms. The zero-order chi connectivity index (χ0) is 13.3. The zero-order valence-corrected chi connectivity index (χ0v) is 11.2. The minimum atomic E-state index is -0.745. The Morgan fingerprint density at radius 3 is 2.78 bits per heavy atom. The maximum Gasteiger partial charge on any atom is 0.272 e. The van der Waals surface area contributed by atoms with Crippen molar-refractivity contribution in [2.24, 2.45) is 0 Å². The standard InChI is InChI=1S/C12H19BO5/c1-7(2)4-5-12-9(17-11(15-3)18-12)8(6-14)16-10(12)13/h5,8-11,14H,6,13H2,1-3H3/t8-,9+,10-,11?,12?/m1/s1. The highest BCUT2D eigenvalue weighted by Crippen LogP contribution is 2.43. The minimum Gasteiger partial charge on any atom is -0.394 e. The first kappa shape index (κ1) is 13.8. The molecule has 2 aliphatic rings. The van der Waals surface area contributed by atoms with Crippen LogP contribution in [0.4, 0.5) is 0 Å². The summed E-state index contributed by atoms with van der Waals surface area (Å²) in [7, 11) is 3.41. The Balaban J connectivity index is 2.36. The Morgan fingerprint density at radius 2 is 2.22 bits per heavy atom. The number of ether oxygens (including phenoxy) is 4. The Labute approximate surface area is 108 Å². The Bertz CT molecular complexity index is 375. The van der Waals surface area contributed by atoms with Crippen LogP contribution in [0.25, 0.3) is 0 Å². The molecule has 0 spiro atoms. The van der Waals surface area contributed by atoms with Gasteiger partial charge in [0.1, 0.15) is 25.7 Å². The van der Waals surface area contributed by atoms with Crippen molar-refractivity contribution < 1.29 is 24.1 Å². The van der Waals surface area contributed by atoms with Gasteiger partial charge in [0.15, 0.2) is 0 Å². The van der Waals surface area contributed by atoms with Gasteiger partial charge in [0.05, 0.1) is 12.6 Å². The fourth-order valence-electron chi connectivity index (χ4n) is 2.37. The smallest absolute Gasteiger partial charge is 0.272 e. The lowest BCUT2D eigenvalue weighted by Gasteiger charge is -2.25. The molecule has 0 aromatic rings. The van der Waals surface area contributed by atoms with E-state index in [-0.39, 0.29) is 18.7 Å². The summed E-state index contributed by atoms with van der Waals surface area (Å²) in [5.74, 6) is 0. The molecule has 2 rings (SSSR count). The highest BCUT2D eigenvalue weighted by atomic mass is 16.9. The van der Waals surface area contributed by atoms with Crippen molar-refractivity contribution in [3.8, 4) is 0 Å². The van der Waals surface area contributed by atoms with Gasteiger partial charge in [0, 0.05) is 7.11 Å². The van der Waals surface area contributed by atoms with E-state index in [1.807, 2.05) is 27.8 Å². The van der Waals surface area contributed by atoms with Gasteiger partial charge in [-0.2, -0.15) is 0 Å². The van der Waals surface area contributed by atoms with Crippen molar-refractivity contribution >= 4 is 7.85 Å². The van der Waals surface area contributed by atoms with E-state index in [1.165, 1.54) is 7.11 Å². The third-order valence-corrected chi connectivity index (χ3v) is 3.31. The summed E-state index contributed by atoms with van der Waals surface area (Å²) in [5.41, 5.74) is 3.43. The van der Waals surface area contributed by atoms with Crippen molar-refractivity contribution in [2.45, 2.75) is 44.1 Å². The fraction of sp³-hybridized carbons (Fsp3) is 0.750. The lowest BCUT2D eigenvalue weighted by molar-refractivity contribution is -0.254. The average Bonchev–Trinajstić information content (AvgIpc) is 2.83. The number of aliphatic hydroxyl groups is 1. The molecule has 18 heavy (non-hydrogen) atoms. The minimum absolute atomic E-state index is 0.112. The molecular formula is C12H19BO5. The van der Waals surface area contributed by atoms with Gasteiger partial charge < -0.3 is 24.1 Å². The van der Waals surface area contributed by atoms with Crippen molar-refractivity contribution in [3.05, 3.63) is 17.4 Å². The van der Waals surface area contributed by atoms with E-state index in [0.717, 1.165) is 5.57 Å². The monoisotopic (exact) mass is 254 g/mol. The first-order valence-electron chi connectivity index (χ1n) is 6.07. The molecular weight excluding hydrogens is 235 g/mol. The Hall–Kier alpha value is -0.615. The van der Waals surface area contributed by atoms with Gasteiger partial charge in [-0.1, -0.05) is 0 Å². The molecule has 2 saturated heterocycles. The summed E-state index contributed by atoms with van der Waals surface area (Å²) in [6.45, 7) is 3.07. The summed E-state index contributed by atoms with van der Waals surface area (Å²) in [4.78, 5) is 0. The van der Waals surface area contributed by atoms with Crippen LogP contribution in [-0.4, -0.2) is 57.0 Å². The van der Waals surface area contributed by atoms with E-state index in [9.17, 15) is 5.11 Å². The van der Waals surface area contributed by atoms with E-state index >= 15 is 0 Å². The van der Waals surface area contributed by atoms with Gasteiger partial charge in [-0.25, -0.2) is 0 Å². The van der Waals surface area contributed by atoms with Crippen LogP contribution in [-0.2, 0) is 18.9 Å². The van der Waals surface area contributed by atoms with Crippen molar-refractivity contribution in [2.75, 3.05) is 13.7 Å². The molecule has 6 heteroatoms. The molecule has 0 amide bonds. The highest BCUT2D eigenvalue weighted by molar-refractivity contribution is 6.12. The molecule has 2 heterocycles. The van der Waals surface area contributed by atoms with Crippen LogP contribution in [0.3, 0.4) is 0 Å². The molecule has 0 aromatic heterocycles. The number of rotatable bonds is 3. The third-order valence-electron chi connectivity index (χ3n) is 3.31. The van der Waals surface area contributed by atoms with Crippen LogP contribution in [0.5, 0.6) is 0 Å². The summed E-state index contributed by atoms with van der Waals surface area (Å²) in [6.07, 6.45) is 1.04. The summed E-state index contributed by atoms with van der Waals surface area (Å²) in [5, 5.41) is 9.34. The quantitative estimate of drug-likeness (QED) is 0.545. The van der Waals surface area contributed by atoms with Gasteiger partial charge in [-0.05, 0) is 25.5 Å². The van der Waals surface area contributed by atoms with Gasteiger partial charge in [-0.3, -0.25) is 0 Å². The van der Waals surface area contributed by atoms with Crippen LogP contribution in [0, 0.1) is 0 Å². The van der Waals surface area contributed by atoms with E-state index < -0.39 is 18.2 Å². The molecule has 2 fully saturated rings. The van der Waals surface area contributed by atoms with Crippen LogP contribution >= 0.6 is 0 Å². The lowest BCUT2D eigenvalue weighted by Crippen LogP contribution is -2.45. The maximum atomic E-state index is 9.34. The van der Waals surface area contributed by atoms with Gasteiger partial charge in [0.2, 0.25) is 0 Å². The SMILES string of the molecule is B[C@@H]1O[C@H](CO)[C@@H]2OC(OC)OC12C=C=C(C)C. The topological polar surface area (TPSA) is 57.2 Å². The number of hydrogen-bond donors (Lipinski definition) is 1. The normalized spacial score (nSPS) is 42.4. The van der Waals surface area contributed by atoms with E-state index in [0.29, 0.717) is 0 Å². The van der Waals surface area contributed by atoms with Crippen molar-refractivity contribution in [1.82, 2.24) is 0 Å². The van der Waals surface area contributed by atoms with Crippen LogP contribution < -0.4 is 0 Å². The molecule has 0 radical (unpaired) electrons. The molecule has 0 aliphatic carbocycles. The summed E-state index contributed by atoms with van der Waals surface area (Å²) in [6, 6.07) is -0.230. The second kappa shape index (κ2) is 5.17. The summed E-state index contributed by atoms with van der Waals surface area (Å²) < 4.78 is 22.2. The van der Waals surface area contributed by atoms with Crippen molar-refractivity contribution in [1.29, 1.82) is 0 Å². The highest BCUT2D eigenvalue weighted by Gasteiger charge is 2.61.